The van der Waals surface area contributed by atoms with Gasteiger partial charge in [0.05, 0.1) is 19.8 Å². The van der Waals surface area contributed by atoms with Crippen LogP contribution in [0.5, 0.6) is 5.75 Å². The number of carboxylic acids is 1. The summed E-state index contributed by atoms with van der Waals surface area (Å²) in [6.07, 6.45) is 4.82. The molecule has 0 radical (unpaired) electrons. The fraction of sp³-hybridized carbons (Fsp3) is 0.444. The van der Waals surface area contributed by atoms with Crippen LogP contribution in [0.4, 0.5) is 4.79 Å². The van der Waals surface area contributed by atoms with E-state index in [1.807, 2.05) is 24.3 Å². The summed E-state index contributed by atoms with van der Waals surface area (Å²) in [5.74, 6) is -0.121. The highest BCUT2D eigenvalue weighted by Gasteiger charge is 2.12. The number of primary amides is 1. The standard InChI is InChI=1S/C13H16O3.C5H10N2O2/c1-2-3-10-16-12-7-4-11(5-8-12)6-9-13(14)15;6-5(8)7-1-3-9-4-2-7/h4-9H,2-3,10H2,1H3,(H,14,15);1-4H2,(H2,6,8)/b9-6+;. The van der Waals surface area contributed by atoms with Crippen molar-refractivity contribution in [3.8, 4) is 5.75 Å². The van der Waals surface area contributed by atoms with E-state index >= 15 is 0 Å². The van der Waals surface area contributed by atoms with E-state index < -0.39 is 5.97 Å². The van der Waals surface area contributed by atoms with Crippen molar-refractivity contribution in [1.82, 2.24) is 4.90 Å². The average Bonchev–Trinajstić information content (AvgIpc) is 2.62. The molecule has 0 aromatic heterocycles. The number of nitrogens with zero attached hydrogens (tertiary/aromatic N) is 1. The first-order chi connectivity index (χ1) is 12.0. The van der Waals surface area contributed by atoms with Gasteiger partial charge in [-0.25, -0.2) is 9.59 Å². The minimum atomic E-state index is -0.941. The Kier molecular flexibility index (Phi) is 9.77. The van der Waals surface area contributed by atoms with E-state index in [0.717, 1.165) is 36.8 Å². The third-order valence-corrected chi connectivity index (χ3v) is 3.39. The lowest BCUT2D eigenvalue weighted by Gasteiger charge is -2.24. The number of ether oxygens (including phenoxy) is 2. The number of hydrogen-bond donors (Lipinski definition) is 2. The third-order valence-electron chi connectivity index (χ3n) is 3.39. The van der Waals surface area contributed by atoms with Crippen LogP contribution in [0.15, 0.2) is 30.3 Å². The van der Waals surface area contributed by atoms with Crippen LogP contribution in [0, 0.1) is 0 Å². The van der Waals surface area contributed by atoms with Gasteiger partial charge in [-0.15, -0.1) is 0 Å². The van der Waals surface area contributed by atoms with Gasteiger partial charge in [0.15, 0.2) is 0 Å². The van der Waals surface area contributed by atoms with Crippen molar-refractivity contribution in [3.05, 3.63) is 35.9 Å². The fourth-order valence-electron chi connectivity index (χ4n) is 1.96. The molecule has 2 amide bonds. The lowest BCUT2D eigenvalue weighted by Crippen LogP contribution is -2.43. The predicted molar refractivity (Wildman–Crippen MR) is 95.5 cm³/mol. The maximum Gasteiger partial charge on any atom is 0.328 e. The number of urea groups is 1. The first-order valence-corrected chi connectivity index (χ1v) is 8.29. The fourth-order valence-corrected chi connectivity index (χ4v) is 1.96. The average molecular weight is 350 g/mol. The molecule has 2 rings (SSSR count). The Hall–Kier alpha value is -2.54. The molecule has 1 aliphatic heterocycles. The SMILES string of the molecule is CCCCOc1ccc(/C=C/C(=O)O)cc1.NC(=O)N1CCOCC1. The van der Waals surface area contributed by atoms with Crippen molar-refractivity contribution < 1.29 is 24.2 Å². The van der Waals surface area contributed by atoms with E-state index in [0.29, 0.717) is 26.3 Å². The summed E-state index contributed by atoms with van der Waals surface area (Å²) in [4.78, 5) is 22.3. The molecule has 7 heteroatoms. The molecule has 0 saturated carbocycles. The predicted octanol–water partition coefficient (Wildman–Crippen LogP) is 2.36. The zero-order valence-electron chi connectivity index (χ0n) is 14.5. The van der Waals surface area contributed by atoms with Crippen LogP contribution in [0.3, 0.4) is 0 Å². The summed E-state index contributed by atoms with van der Waals surface area (Å²) >= 11 is 0. The molecule has 1 saturated heterocycles. The van der Waals surface area contributed by atoms with E-state index in [1.54, 1.807) is 11.0 Å². The molecule has 25 heavy (non-hydrogen) atoms. The van der Waals surface area contributed by atoms with E-state index in [2.05, 4.69) is 6.92 Å². The van der Waals surface area contributed by atoms with Gasteiger partial charge in [0.25, 0.3) is 0 Å². The number of benzene rings is 1. The number of rotatable bonds is 6. The molecule has 1 aromatic rings. The van der Waals surface area contributed by atoms with Gasteiger partial charge in [0.1, 0.15) is 5.75 Å². The number of nitrogens with two attached hydrogens (primary N) is 1. The molecule has 0 unspecified atom stereocenters. The zero-order valence-corrected chi connectivity index (χ0v) is 14.5. The summed E-state index contributed by atoms with van der Waals surface area (Å²) in [7, 11) is 0. The second kappa shape index (κ2) is 11.9. The van der Waals surface area contributed by atoms with Gasteiger partial charge >= 0.3 is 12.0 Å². The molecular weight excluding hydrogens is 324 g/mol. The summed E-state index contributed by atoms with van der Waals surface area (Å²) in [6, 6.07) is 7.01. The van der Waals surface area contributed by atoms with Crippen molar-refractivity contribution in [1.29, 1.82) is 0 Å². The monoisotopic (exact) mass is 350 g/mol. The molecule has 1 fully saturated rings. The molecule has 0 spiro atoms. The van der Waals surface area contributed by atoms with Gasteiger partial charge in [-0.3, -0.25) is 0 Å². The Morgan fingerprint density at radius 1 is 1.28 bits per heavy atom. The van der Waals surface area contributed by atoms with Crippen molar-refractivity contribution in [2.24, 2.45) is 5.73 Å². The molecule has 1 aliphatic rings. The molecule has 0 atom stereocenters. The van der Waals surface area contributed by atoms with Crippen LogP contribution in [0.25, 0.3) is 6.08 Å². The van der Waals surface area contributed by atoms with Gasteiger partial charge in [0, 0.05) is 19.2 Å². The van der Waals surface area contributed by atoms with Gasteiger partial charge in [-0.2, -0.15) is 0 Å². The van der Waals surface area contributed by atoms with Crippen molar-refractivity contribution in [2.75, 3.05) is 32.9 Å². The van der Waals surface area contributed by atoms with Crippen LogP contribution < -0.4 is 10.5 Å². The Labute approximate surface area is 148 Å². The van der Waals surface area contributed by atoms with Crippen molar-refractivity contribution >= 4 is 18.1 Å². The highest BCUT2D eigenvalue weighted by molar-refractivity contribution is 5.85. The van der Waals surface area contributed by atoms with Crippen LogP contribution in [0.1, 0.15) is 25.3 Å². The molecule has 138 valence electrons. The number of carbonyl (C=O) groups excluding carboxylic acids is 1. The molecular formula is C18H26N2O5. The maximum absolute atomic E-state index is 10.4. The minimum absolute atomic E-state index is 0.349. The van der Waals surface area contributed by atoms with Crippen molar-refractivity contribution in [2.45, 2.75) is 19.8 Å². The first kappa shape index (κ1) is 20.5. The molecule has 7 nitrogen and oxygen atoms in total. The zero-order chi connectivity index (χ0) is 18.5. The summed E-state index contributed by atoms with van der Waals surface area (Å²) < 4.78 is 10.5. The Balaban J connectivity index is 0.000000293. The number of carbonyl (C=O) groups is 2. The number of amides is 2. The Bertz CT molecular complexity index is 551. The normalized spacial score (nSPS) is 13.9. The van der Waals surface area contributed by atoms with E-state index in [1.165, 1.54) is 0 Å². The summed E-state index contributed by atoms with van der Waals surface area (Å²) in [5.41, 5.74) is 5.85. The van der Waals surface area contributed by atoms with Gasteiger partial charge in [-0.05, 0) is 30.2 Å². The van der Waals surface area contributed by atoms with E-state index in [4.69, 9.17) is 20.3 Å². The second-order valence-electron chi connectivity index (χ2n) is 5.38. The minimum Gasteiger partial charge on any atom is -0.494 e. The molecule has 0 aliphatic carbocycles. The summed E-state index contributed by atoms with van der Waals surface area (Å²) in [5, 5.41) is 8.46. The van der Waals surface area contributed by atoms with E-state index in [-0.39, 0.29) is 6.03 Å². The highest BCUT2D eigenvalue weighted by Crippen LogP contribution is 2.13. The Morgan fingerprint density at radius 2 is 1.92 bits per heavy atom. The van der Waals surface area contributed by atoms with Gasteiger partial charge in [-0.1, -0.05) is 25.5 Å². The lowest BCUT2D eigenvalue weighted by molar-refractivity contribution is -0.131. The topological polar surface area (TPSA) is 102 Å². The maximum atomic E-state index is 10.4. The molecule has 3 N–H and O–H groups in total. The van der Waals surface area contributed by atoms with Crippen LogP contribution >= 0.6 is 0 Å². The Morgan fingerprint density at radius 3 is 2.40 bits per heavy atom. The van der Waals surface area contributed by atoms with Crippen LogP contribution in [0.2, 0.25) is 0 Å². The first-order valence-electron chi connectivity index (χ1n) is 8.29. The molecule has 1 heterocycles. The third kappa shape index (κ3) is 9.36. The molecule has 0 bridgehead atoms. The van der Waals surface area contributed by atoms with E-state index in [9.17, 15) is 9.59 Å². The second-order valence-corrected chi connectivity index (χ2v) is 5.38. The van der Waals surface area contributed by atoms with Gasteiger partial charge in [0.2, 0.25) is 0 Å². The largest absolute Gasteiger partial charge is 0.494 e. The summed E-state index contributed by atoms with van der Waals surface area (Å²) in [6.45, 7) is 5.33. The lowest BCUT2D eigenvalue weighted by atomic mass is 10.2. The number of unbranched alkanes of at least 4 members (excludes halogenated alkanes) is 1. The highest BCUT2D eigenvalue weighted by atomic mass is 16.5. The number of carboxylic acid groups (broad SMARTS) is 1. The van der Waals surface area contributed by atoms with Crippen LogP contribution in [-0.2, 0) is 9.53 Å². The van der Waals surface area contributed by atoms with Crippen molar-refractivity contribution in [3.63, 3.8) is 0 Å². The number of aliphatic carboxylic acids is 1. The quantitative estimate of drug-likeness (QED) is 0.606. The smallest absolute Gasteiger partial charge is 0.328 e. The van der Waals surface area contributed by atoms with Gasteiger partial charge < -0.3 is 25.2 Å². The van der Waals surface area contributed by atoms with Crippen LogP contribution in [-0.4, -0.2) is 54.9 Å². The number of morpholine rings is 1. The molecule has 1 aromatic carbocycles. The number of hydrogen-bond acceptors (Lipinski definition) is 4.